The topological polar surface area (TPSA) is 53.1 Å². The van der Waals surface area contributed by atoms with Gasteiger partial charge in [0.15, 0.2) is 0 Å². The van der Waals surface area contributed by atoms with Gasteiger partial charge in [-0.05, 0) is 39.8 Å². The van der Waals surface area contributed by atoms with Crippen molar-refractivity contribution < 1.29 is 4.74 Å². The Hall–Kier alpha value is -1.24. The van der Waals surface area contributed by atoms with E-state index < -0.39 is 0 Å². The molecule has 2 heterocycles. The molecule has 3 rings (SSSR count). The lowest BCUT2D eigenvalue weighted by Gasteiger charge is -2.06. The molecule has 0 atom stereocenters. The highest BCUT2D eigenvalue weighted by atomic mass is 127. The van der Waals surface area contributed by atoms with E-state index >= 15 is 0 Å². The molecule has 4 nitrogen and oxygen atoms in total. The van der Waals surface area contributed by atoms with Gasteiger partial charge >= 0.3 is 0 Å². The summed E-state index contributed by atoms with van der Waals surface area (Å²) in [5, 5.41) is 4.26. The molecule has 0 saturated carbocycles. The monoisotopic (exact) mass is 341 g/mol. The summed E-state index contributed by atoms with van der Waals surface area (Å²) in [6.07, 6.45) is 2.78. The van der Waals surface area contributed by atoms with E-state index in [1.807, 2.05) is 10.7 Å². The molecular weight excluding hydrogens is 329 g/mol. The molecule has 0 spiro atoms. The molecular formula is C12H12IN3O. The second-order valence-electron chi connectivity index (χ2n) is 4.08. The minimum Gasteiger partial charge on any atom is -0.493 e. The number of hydrogen-bond donors (Lipinski definition) is 1. The van der Waals surface area contributed by atoms with Gasteiger partial charge < -0.3 is 10.5 Å². The Morgan fingerprint density at radius 1 is 1.47 bits per heavy atom. The number of benzene rings is 1. The number of nitrogen functional groups attached to an aromatic ring is 1. The van der Waals surface area contributed by atoms with Crippen LogP contribution in [0.25, 0.3) is 0 Å². The first-order valence-electron chi connectivity index (χ1n) is 5.45. The van der Waals surface area contributed by atoms with E-state index in [2.05, 4.69) is 39.8 Å². The Balaban J connectivity index is 1.88. The third-order valence-electron chi connectivity index (χ3n) is 2.92. The summed E-state index contributed by atoms with van der Waals surface area (Å²) < 4.78 is 8.29. The van der Waals surface area contributed by atoms with Crippen molar-refractivity contribution in [3.63, 3.8) is 0 Å². The number of nitrogens with zero attached hydrogens (tertiary/aromatic N) is 2. The third-order valence-corrected chi connectivity index (χ3v) is 3.75. The van der Waals surface area contributed by atoms with E-state index in [-0.39, 0.29) is 0 Å². The van der Waals surface area contributed by atoms with Crippen molar-refractivity contribution in [1.29, 1.82) is 0 Å². The number of nitrogens with two attached hydrogens (primary N) is 1. The van der Waals surface area contributed by atoms with Crippen LogP contribution in [0.5, 0.6) is 5.75 Å². The number of hydrogen-bond acceptors (Lipinski definition) is 3. The zero-order valence-electron chi connectivity index (χ0n) is 9.19. The highest BCUT2D eigenvalue weighted by Crippen LogP contribution is 2.26. The highest BCUT2D eigenvalue weighted by molar-refractivity contribution is 14.1. The van der Waals surface area contributed by atoms with Crippen molar-refractivity contribution in [1.82, 2.24) is 9.78 Å². The second kappa shape index (κ2) is 4.21. The molecule has 1 aliphatic heterocycles. The smallest absolute Gasteiger partial charge is 0.135 e. The molecule has 0 aliphatic carbocycles. The predicted molar refractivity (Wildman–Crippen MR) is 74.1 cm³/mol. The summed E-state index contributed by atoms with van der Waals surface area (Å²) in [7, 11) is 0. The molecule has 0 saturated heterocycles. The predicted octanol–water partition coefficient (Wildman–Crippen LogP) is 2.05. The summed E-state index contributed by atoms with van der Waals surface area (Å²) in [4.78, 5) is 0. The van der Waals surface area contributed by atoms with E-state index in [9.17, 15) is 0 Å². The van der Waals surface area contributed by atoms with Crippen LogP contribution in [0.15, 0.2) is 24.4 Å². The van der Waals surface area contributed by atoms with Gasteiger partial charge in [-0.3, -0.25) is 0 Å². The second-order valence-corrected chi connectivity index (χ2v) is 5.24. The van der Waals surface area contributed by atoms with Gasteiger partial charge in [-0.15, -0.1) is 0 Å². The molecule has 5 heteroatoms. The van der Waals surface area contributed by atoms with Gasteiger partial charge in [0.1, 0.15) is 11.6 Å². The Labute approximate surface area is 113 Å². The molecule has 17 heavy (non-hydrogen) atoms. The minimum atomic E-state index is 0.710. The van der Waals surface area contributed by atoms with Crippen LogP contribution in [0, 0.1) is 3.57 Å². The largest absolute Gasteiger partial charge is 0.493 e. The molecule has 0 amide bonds. The van der Waals surface area contributed by atoms with Gasteiger partial charge in [-0.1, -0.05) is 12.1 Å². The highest BCUT2D eigenvalue weighted by Gasteiger charge is 2.13. The standard InChI is InChI=1S/C12H12IN3O/c13-10-6-15-16(12(10)14)7-8-1-2-11-9(5-8)3-4-17-11/h1-2,5-6H,3-4,7,14H2. The Morgan fingerprint density at radius 2 is 2.35 bits per heavy atom. The maximum Gasteiger partial charge on any atom is 0.135 e. The van der Waals surface area contributed by atoms with Gasteiger partial charge in [0, 0.05) is 6.42 Å². The average Bonchev–Trinajstić information content (AvgIpc) is 2.90. The minimum absolute atomic E-state index is 0.710. The third kappa shape index (κ3) is 1.99. The van der Waals surface area contributed by atoms with Crippen molar-refractivity contribution >= 4 is 28.4 Å². The summed E-state index contributed by atoms with van der Waals surface area (Å²) in [6, 6.07) is 6.27. The molecule has 1 aromatic carbocycles. The van der Waals surface area contributed by atoms with Gasteiger partial charge in [0.25, 0.3) is 0 Å². The Kier molecular flexibility index (Phi) is 2.70. The number of ether oxygens (including phenoxy) is 1. The number of halogens is 1. The van der Waals surface area contributed by atoms with E-state index in [1.54, 1.807) is 6.20 Å². The quantitative estimate of drug-likeness (QED) is 0.851. The first kappa shape index (κ1) is 10.9. The number of anilines is 1. The van der Waals surface area contributed by atoms with Crippen molar-refractivity contribution in [3.8, 4) is 5.75 Å². The van der Waals surface area contributed by atoms with Crippen LogP contribution >= 0.6 is 22.6 Å². The SMILES string of the molecule is Nc1c(I)cnn1Cc1ccc2c(c1)CCO2. The first-order chi connectivity index (χ1) is 8.24. The van der Waals surface area contributed by atoms with Crippen molar-refractivity contribution in [2.45, 2.75) is 13.0 Å². The summed E-state index contributed by atoms with van der Waals surface area (Å²) >= 11 is 2.19. The van der Waals surface area contributed by atoms with Crippen molar-refractivity contribution in [2.75, 3.05) is 12.3 Å². The fraction of sp³-hybridized carbons (Fsp3) is 0.250. The van der Waals surface area contributed by atoms with Crippen LogP contribution in [0.4, 0.5) is 5.82 Å². The summed E-state index contributed by atoms with van der Waals surface area (Å²) in [5.41, 5.74) is 8.42. The lowest BCUT2D eigenvalue weighted by Crippen LogP contribution is -2.06. The molecule has 88 valence electrons. The normalized spacial score (nSPS) is 13.5. The number of rotatable bonds is 2. The van der Waals surface area contributed by atoms with Gasteiger partial charge in [-0.2, -0.15) is 5.10 Å². The molecule has 1 aliphatic rings. The van der Waals surface area contributed by atoms with Crippen LogP contribution in [-0.4, -0.2) is 16.4 Å². The molecule has 2 N–H and O–H groups in total. The molecule has 2 aromatic rings. The number of fused-ring (bicyclic) bond motifs is 1. The van der Waals surface area contributed by atoms with Crippen LogP contribution < -0.4 is 10.5 Å². The maximum absolute atomic E-state index is 5.93. The molecule has 0 fully saturated rings. The molecule has 0 bridgehead atoms. The van der Waals surface area contributed by atoms with Crippen LogP contribution in [0.1, 0.15) is 11.1 Å². The first-order valence-corrected chi connectivity index (χ1v) is 6.53. The molecule has 0 unspecified atom stereocenters. The van der Waals surface area contributed by atoms with Crippen LogP contribution in [0.3, 0.4) is 0 Å². The zero-order chi connectivity index (χ0) is 11.8. The lowest BCUT2D eigenvalue weighted by atomic mass is 10.1. The van der Waals surface area contributed by atoms with E-state index in [1.165, 1.54) is 11.1 Å². The molecule has 1 aromatic heterocycles. The van der Waals surface area contributed by atoms with E-state index in [0.29, 0.717) is 6.54 Å². The zero-order valence-corrected chi connectivity index (χ0v) is 11.3. The number of aromatic nitrogens is 2. The summed E-state index contributed by atoms with van der Waals surface area (Å²) in [6.45, 7) is 1.50. The van der Waals surface area contributed by atoms with Crippen molar-refractivity contribution in [3.05, 3.63) is 39.1 Å². The van der Waals surface area contributed by atoms with Gasteiger partial charge in [0.2, 0.25) is 0 Å². The maximum atomic E-state index is 5.93. The summed E-state index contributed by atoms with van der Waals surface area (Å²) in [5.74, 6) is 1.74. The van der Waals surface area contributed by atoms with E-state index in [0.717, 1.165) is 28.2 Å². The van der Waals surface area contributed by atoms with Gasteiger partial charge in [0.05, 0.1) is 22.9 Å². The fourth-order valence-electron chi connectivity index (χ4n) is 2.01. The average molecular weight is 341 g/mol. The Morgan fingerprint density at radius 3 is 3.12 bits per heavy atom. The van der Waals surface area contributed by atoms with Crippen LogP contribution in [0.2, 0.25) is 0 Å². The van der Waals surface area contributed by atoms with E-state index in [4.69, 9.17) is 10.5 Å². The van der Waals surface area contributed by atoms with Crippen molar-refractivity contribution in [2.24, 2.45) is 0 Å². The fourth-order valence-corrected chi connectivity index (χ4v) is 2.41. The lowest BCUT2D eigenvalue weighted by molar-refractivity contribution is 0.357. The van der Waals surface area contributed by atoms with Gasteiger partial charge in [-0.25, -0.2) is 4.68 Å². The molecule has 0 radical (unpaired) electrons. The Bertz CT molecular complexity index is 565. The van der Waals surface area contributed by atoms with Crippen LogP contribution in [-0.2, 0) is 13.0 Å².